The van der Waals surface area contributed by atoms with Gasteiger partial charge in [0, 0.05) is 10.5 Å². The third-order valence-corrected chi connectivity index (χ3v) is 29.4. The Morgan fingerprint density at radius 1 is 0.431 bits per heavy atom. The molecule has 0 aromatic heterocycles. The van der Waals surface area contributed by atoms with E-state index in [1.54, 1.807) is 0 Å². The molecule has 8 aliphatic carbocycles. The smallest absolute Gasteiger partial charge is 0.0189 e. The van der Waals surface area contributed by atoms with E-state index in [1.165, 1.54) is 231 Å². The van der Waals surface area contributed by atoms with Crippen molar-refractivity contribution in [2.24, 2.45) is 91.7 Å². The molecule has 0 saturated heterocycles. The fraction of sp³-hybridized carbons (Fsp3) is 0.943. The first kappa shape index (κ1) is 58.3. The topological polar surface area (TPSA) is 0 Å². The summed E-state index contributed by atoms with van der Waals surface area (Å²) in [6.45, 7) is 31.4. The largest absolute Gasteiger partial charge is 0.0901 e. The molecule has 0 amide bonds. The molecule has 0 aromatic carbocycles. The maximum Gasteiger partial charge on any atom is 0.0189 e. The molecule has 0 aliphatic heterocycles. The van der Waals surface area contributed by atoms with Crippen molar-refractivity contribution in [3.05, 3.63) is 23.3 Å². The number of unbranched alkanes of at least 4 members (excludes halogenated alkanes) is 10. The Balaban J connectivity index is 0.874. The van der Waals surface area contributed by atoms with Crippen molar-refractivity contribution >= 4 is 21.6 Å². The zero-order chi connectivity index (χ0) is 51.4. The Bertz CT molecular complexity index is 1630. The third kappa shape index (κ3) is 11.5. The monoisotopic (exact) mass is 1030 g/mol. The summed E-state index contributed by atoms with van der Waals surface area (Å²) in [6.07, 6.45) is 58.6. The minimum Gasteiger partial charge on any atom is -0.0901 e. The first-order chi connectivity index (χ1) is 34.5. The van der Waals surface area contributed by atoms with E-state index in [0.717, 1.165) is 69.7 Å². The summed E-state index contributed by atoms with van der Waals surface area (Å²) in [5, 5.41) is 1.65. The molecule has 414 valence electrons. The van der Waals surface area contributed by atoms with Crippen molar-refractivity contribution in [3.8, 4) is 0 Å². The highest BCUT2D eigenvalue weighted by Gasteiger charge is 2.66. The van der Waals surface area contributed by atoms with Gasteiger partial charge in [-0.25, -0.2) is 0 Å². The normalized spacial score (nSPS) is 41.2. The van der Waals surface area contributed by atoms with Gasteiger partial charge in [-0.15, -0.1) is 0 Å². The van der Waals surface area contributed by atoms with Crippen molar-refractivity contribution < 1.29 is 0 Å². The van der Waals surface area contributed by atoms with Crippen LogP contribution in [0.2, 0.25) is 0 Å². The Hall–Kier alpha value is 0.180. The van der Waals surface area contributed by atoms with Crippen LogP contribution in [-0.4, -0.2) is 10.5 Å². The molecule has 0 aromatic rings. The lowest BCUT2D eigenvalue weighted by Crippen LogP contribution is -2.53. The molecule has 0 spiro atoms. The maximum atomic E-state index is 2.91. The molecule has 0 bridgehead atoms. The van der Waals surface area contributed by atoms with E-state index in [-0.39, 0.29) is 0 Å². The second kappa shape index (κ2) is 25.1. The number of hydrogen-bond donors (Lipinski definition) is 0. The highest BCUT2D eigenvalue weighted by atomic mass is 33.1. The summed E-state index contributed by atoms with van der Waals surface area (Å²) in [4.78, 5) is 0. The van der Waals surface area contributed by atoms with Crippen molar-refractivity contribution in [1.29, 1.82) is 0 Å². The first-order valence-corrected chi connectivity index (χ1v) is 35.5. The van der Waals surface area contributed by atoms with Crippen LogP contribution < -0.4 is 0 Å². The molecule has 0 unspecified atom stereocenters. The standard InChI is InChI=1S/C70H122S2/c1-13-15-17-19-21-23-41-69(53(7)29-25-27-51(3)4)47-39-63-59-33-31-55-49-57(35-43-65(55,9)61(59)37-45-67(63,69)11)71-72-58-36-44-66(10)56(50-58)32-34-60-62(66)38-46-68(12)64(60)40-48-70(68,42-24-22-20-18-16-14-2)54(8)30-26-28-52(5)6/h31-32,51-54,57-64H,13-30,33-50H2,1-12H3/t53-,54-,57+,58+,59-,60-,61+,62+,63+,64+,65+,66+,67+,68+,69-,70-/m1/s1. The van der Waals surface area contributed by atoms with E-state index in [9.17, 15) is 0 Å². The van der Waals surface area contributed by atoms with Crippen LogP contribution >= 0.6 is 21.6 Å². The van der Waals surface area contributed by atoms with Gasteiger partial charge in [0.05, 0.1) is 0 Å². The summed E-state index contributed by atoms with van der Waals surface area (Å²) in [7, 11) is 4.74. The van der Waals surface area contributed by atoms with Crippen LogP contribution in [0, 0.1) is 91.7 Å². The number of allylic oxidation sites excluding steroid dienone is 4. The summed E-state index contributed by atoms with van der Waals surface area (Å²) >= 11 is 0. The molecule has 2 heteroatoms. The van der Waals surface area contributed by atoms with Crippen LogP contribution in [0.25, 0.3) is 0 Å². The lowest BCUT2D eigenvalue weighted by molar-refractivity contribution is -0.0969. The van der Waals surface area contributed by atoms with Crippen molar-refractivity contribution in [2.45, 2.75) is 325 Å². The van der Waals surface area contributed by atoms with Gasteiger partial charge in [-0.2, -0.15) is 0 Å². The lowest BCUT2D eigenvalue weighted by atomic mass is 9.44. The SMILES string of the molecule is CCCCCCCC[C@]1([C@H](C)CCCC(C)C)CC[C@H]2[C@@H]3CC=C4C[C@@H](SS[C@H]5CC[C@@]6(C)C(=CC[C@@H]7[C@@H]6CC[C@@]6(C)[C@H]7CC[C@]6(CCCCCCCC)[C@H](C)CCCC(C)C)C5)CC[C@]4(C)[C@H]3CC[C@@]21C. The van der Waals surface area contributed by atoms with Gasteiger partial charge in [0.15, 0.2) is 0 Å². The van der Waals surface area contributed by atoms with Crippen LogP contribution in [0.1, 0.15) is 314 Å². The summed E-state index contributed by atoms with van der Waals surface area (Å²) in [5.74, 6) is 9.10. The second-order valence-electron chi connectivity index (χ2n) is 30.2. The fourth-order valence-electron chi connectivity index (χ4n) is 21.5. The zero-order valence-electron chi connectivity index (χ0n) is 50.4. The van der Waals surface area contributed by atoms with E-state index < -0.39 is 0 Å². The molecular formula is C70H122S2. The molecule has 8 rings (SSSR count). The Kier molecular flexibility index (Phi) is 20.3. The molecule has 0 N–H and O–H groups in total. The highest BCUT2D eigenvalue weighted by Crippen LogP contribution is 2.75. The Morgan fingerprint density at radius 2 is 0.806 bits per heavy atom. The van der Waals surface area contributed by atoms with E-state index in [2.05, 4.69) is 117 Å². The molecule has 6 fully saturated rings. The number of rotatable bonds is 27. The van der Waals surface area contributed by atoms with Crippen LogP contribution in [0.15, 0.2) is 23.3 Å². The summed E-state index contributed by atoms with van der Waals surface area (Å²) in [6, 6.07) is 0. The van der Waals surface area contributed by atoms with Gasteiger partial charge < -0.3 is 0 Å². The minimum atomic E-state index is 0.463. The van der Waals surface area contributed by atoms with Crippen molar-refractivity contribution in [2.75, 3.05) is 0 Å². The van der Waals surface area contributed by atoms with Crippen LogP contribution in [-0.2, 0) is 0 Å². The second-order valence-corrected chi connectivity index (χ2v) is 33.1. The molecule has 0 heterocycles. The van der Waals surface area contributed by atoms with Crippen molar-refractivity contribution in [1.82, 2.24) is 0 Å². The fourth-order valence-corrected chi connectivity index (χ4v) is 24.7. The van der Waals surface area contributed by atoms with Gasteiger partial charge in [0.25, 0.3) is 0 Å². The third-order valence-electron chi connectivity index (χ3n) is 26.0. The van der Waals surface area contributed by atoms with Crippen LogP contribution in [0.5, 0.6) is 0 Å². The van der Waals surface area contributed by atoms with Gasteiger partial charge in [-0.05, 0) is 207 Å². The van der Waals surface area contributed by atoms with Gasteiger partial charge >= 0.3 is 0 Å². The van der Waals surface area contributed by atoms with Crippen molar-refractivity contribution in [3.63, 3.8) is 0 Å². The quantitative estimate of drug-likeness (QED) is 0.0457. The van der Waals surface area contributed by atoms with Crippen LogP contribution in [0.4, 0.5) is 0 Å². The molecule has 72 heavy (non-hydrogen) atoms. The van der Waals surface area contributed by atoms with Gasteiger partial charge in [-0.3, -0.25) is 0 Å². The number of fused-ring (bicyclic) bond motifs is 10. The maximum absolute atomic E-state index is 2.91. The molecule has 0 nitrogen and oxygen atoms in total. The molecular weight excluding hydrogens is 905 g/mol. The van der Waals surface area contributed by atoms with Crippen LogP contribution in [0.3, 0.4) is 0 Å². The Morgan fingerprint density at radius 3 is 1.19 bits per heavy atom. The van der Waals surface area contributed by atoms with E-state index in [0.29, 0.717) is 32.5 Å². The molecule has 8 aliphatic rings. The van der Waals surface area contributed by atoms with Gasteiger partial charge in [0.1, 0.15) is 0 Å². The molecule has 6 saturated carbocycles. The average molecular weight is 1030 g/mol. The van der Waals surface area contributed by atoms with E-state index >= 15 is 0 Å². The highest BCUT2D eigenvalue weighted by molar-refractivity contribution is 8.77. The zero-order valence-corrected chi connectivity index (χ0v) is 52.0. The minimum absolute atomic E-state index is 0.463. The predicted octanol–water partition coefficient (Wildman–Crippen LogP) is 23.4. The van der Waals surface area contributed by atoms with Gasteiger partial charge in [-0.1, -0.05) is 244 Å². The van der Waals surface area contributed by atoms with Gasteiger partial charge in [0.2, 0.25) is 0 Å². The average Bonchev–Trinajstić information content (AvgIpc) is 3.83. The number of hydrogen-bond acceptors (Lipinski definition) is 2. The lowest BCUT2D eigenvalue weighted by Gasteiger charge is -2.61. The molecule has 16 atom stereocenters. The van der Waals surface area contributed by atoms with E-state index in [4.69, 9.17) is 0 Å². The summed E-state index contributed by atoms with van der Waals surface area (Å²) < 4.78 is 0. The first-order valence-electron chi connectivity index (χ1n) is 33.2. The predicted molar refractivity (Wildman–Crippen MR) is 323 cm³/mol. The summed E-state index contributed by atoms with van der Waals surface area (Å²) in [5.41, 5.74) is 7.01. The molecule has 0 radical (unpaired) electrons. The Labute approximate surface area is 458 Å². The van der Waals surface area contributed by atoms with E-state index in [1.807, 2.05) is 11.1 Å².